The molecule has 0 amide bonds. The van der Waals surface area contributed by atoms with Crippen LogP contribution >= 0.6 is 23.8 Å². The Kier molecular flexibility index (Phi) is 14.0. The molecule has 6 rings (SSSR count). The normalized spacial score (nSPS) is 27.9. The Bertz CT molecular complexity index is 609. The second kappa shape index (κ2) is 17.6. The van der Waals surface area contributed by atoms with Crippen LogP contribution in [0.1, 0.15) is 212 Å². The van der Waals surface area contributed by atoms with E-state index < -0.39 is 0 Å². The van der Waals surface area contributed by atoms with E-state index in [-0.39, 0.29) is 23.8 Å². The van der Waals surface area contributed by atoms with Crippen LogP contribution in [0.3, 0.4) is 0 Å². The Morgan fingerprint density at radius 1 is 0.326 bits per heavy atom. The zero-order chi connectivity index (χ0) is 29.3. The Balaban J connectivity index is 1.56. The molecule has 0 aliphatic heterocycles. The van der Waals surface area contributed by atoms with Crippen molar-refractivity contribution in [3.63, 3.8) is 0 Å². The van der Waals surface area contributed by atoms with Crippen LogP contribution in [0.5, 0.6) is 0 Å². The summed E-state index contributed by atoms with van der Waals surface area (Å²) in [6, 6.07) is 0. The van der Waals surface area contributed by atoms with Gasteiger partial charge in [0.05, 0.1) is 0 Å². The summed E-state index contributed by atoms with van der Waals surface area (Å²) in [6.45, 7) is 2.70. The number of rotatable bonds is 11. The van der Waals surface area contributed by atoms with E-state index in [0.717, 1.165) is 38.6 Å². The largest absolute Gasteiger partial charge is 0.0849 e. The molecule has 43 heavy (non-hydrogen) atoms. The number of hydrogen-bond acceptors (Lipinski definition) is 0. The van der Waals surface area contributed by atoms with Gasteiger partial charge < -0.3 is 0 Å². The zero-order valence-electron chi connectivity index (χ0n) is 28.9. The number of hydrogen-bond donors (Lipinski definition) is 0. The first-order valence-corrected chi connectivity index (χ1v) is 25.1. The standard InChI is InChI=1S/C40H73P3/c1-2-33-40(41(34-21-9-3-10-22-34)35-23-11-4-12-24-35,42(36-25-13-5-14-26-36)37-27-15-6-16-28-37)43(38-29-17-7-18-30-38)39-31-19-8-20-32-39/h34-39H,2-33H2,1H3. The Morgan fingerprint density at radius 3 is 0.674 bits per heavy atom. The average Bonchev–Trinajstić information content (AvgIpc) is 3.08. The minimum atomic E-state index is 0.129. The fraction of sp³-hybridized carbons (Fsp3) is 1.00. The minimum Gasteiger partial charge on any atom is -0.0849 e. The predicted molar refractivity (Wildman–Crippen MR) is 200 cm³/mol. The summed E-state index contributed by atoms with van der Waals surface area (Å²) in [5.74, 6) is 0. The SMILES string of the molecule is CCCC(P(C1CCCCC1)C1CCCCC1)(P(C1CCCCC1)C1CCCCC1)P(C1CCCCC1)C1CCCCC1. The van der Waals surface area contributed by atoms with Crippen molar-refractivity contribution < 1.29 is 0 Å². The molecule has 6 saturated carbocycles. The molecular formula is C40H73P3. The quantitative estimate of drug-likeness (QED) is 0.196. The third-order valence-electron chi connectivity index (χ3n) is 13.6. The molecule has 0 aromatic rings. The molecule has 6 aliphatic rings. The lowest BCUT2D eigenvalue weighted by atomic mass is 9.99. The molecule has 6 aliphatic carbocycles. The van der Waals surface area contributed by atoms with Crippen LogP contribution in [0.4, 0.5) is 0 Å². The summed E-state index contributed by atoms with van der Waals surface area (Å²) in [4.78, 5) is 0. The van der Waals surface area contributed by atoms with Gasteiger partial charge in [-0.2, -0.15) is 0 Å². The zero-order valence-corrected chi connectivity index (χ0v) is 31.6. The molecule has 3 heteroatoms. The lowest BCUT2D eigenvalue weighted by molar-refractivity contribution is 0.464. The smallest absolute Gasteiger partial charge is 0.0316 e. The van der Waals surface area contributed by atoms with Crippen LogP contribution < -0.4 is 0 Å². The van der Waals surface area contributed by atoms with Gasteiger partial charge in [-0.25, -0.2) is 0 Å². The van der Waals surface area contributed by atoms with E-state index in [1.54, 1.807) is 199 Å². The minimum absolute atomic E-state index is 0.129. The first kappa shape index (κ1) is 34.2. The summed E-state index contributed by atoms with van der Waals surface area (Å²) in [7, 11) is 0.387. The second-order valence-corrected chi connectivity index (χ2v) is 26.7. The van der Waals surface area contributed by atoms with Crippen molar-refractivity contribution in [2.75, 3.05) is 0 Å². The molecule has 0 atom stereocenters. The van der Waals surface area contributed by atoms with Gasteiger partial charge in [-0.15, -0.1) is 0 Å². The fourth-order valence-corrected chi connectivity index (χ4v) is 33.3. The van der Waals surface area contributed by atoms with Crippen LogP contribution in [0, 0.1) is 0 Å². The molecule has 0 unspecified atom stereocenters. The maximum absolute atomic E-state index is 2.70. The molecule has 0 nitrogen and oxygen atoms in total. The molecule has 0 heterocycles. The molecule has 6 fully saturated rings. The van der Waals surface area contributed by atoms with Crippen LogP contribution in [0.15, 0.2) is 0 Å². The highest BCUT2D eigenvalue weighted by Crippen LogP contribution is 2.91. The maximum Gasteiger partial charge on any atom is 0.0316 e. The van der Waals surface area contributed by atoms with E-state index in [1.807, 2.05) is 0 Å². The highest BCUT2D eigenvalue weighted by Gasteiger charge is 2.60. The molecular weight excluding hydrogens is 573 g/mol. The molecule has 248 valence electrons. The highest BCUT2D eigenvalue weighted by atomic mass is 31.2. The van der Waals surface area contributed by atoms with E-state index in [9.17, 15) is 0 Å². The summed E-state index contributed by atoms with van der Waals surface area (Å²) in [5.41, 5.74) is 6.96. The van der Waals surface area contributed by atoms with Crippen molar-refractivity contribution in [2.45, 2.75) is 251 Å². The van der Waals surface area contributed by atoms with Crippen molar-refractivity contribution in [1.29, 1.82) is 0 Å². The van der Waals surface area contributed by atoms with Gasteiger partial charge in [-0.3, -0.25) is 0 Å². The summed E-state index contributed by atoms with van der Waals surface area (Å²) >= 11 is 0. The van der Waals surface area contributed by atoms with Gasteiger partial charge in [0, 0.05) is 4.64 Å². The van der Waals surface area contributed by atoms with E-state index >= 15 is 0 Å². The first-order valence-electron chi connectivity index (χ1n) is 20.7. The van der Waals surface area contributed by atoms with Gasteiger partial charge in [0.25, 0.3) is 0 Å². The van der Waals surface area contributed by atoms with Crippen LogP contribution in [0.25, 0.3) is 0 Å². The highest BCUT2D eigenvalue weighted by molar-refractivity contribution is 7.94. The van der Waals surface area contributed by atoms with Gasteiger partial charge >= 0.3 is 0 Å². The summed E-state index contributed by atoms with van der Waals surface area (Å²) < 4.78 is 0.840. The van der Waals surface area contributed by atoms with E-state index in [4.69, 9.17) is 0 Å². The Morgan fingerprint density at radius 2 is 0.512 bits per heavy atom. The Hall–Kier alpha value is 1.29. The van der Waals surface area contributed by atoms with Gasteiger partial charge in [0.1, 0.15) is 0 Å². The molecule has 0 aromatic heterocycles. The summed E-state index contributed by atoms with van der Waals surface area (Å²) in [5, 5.41) is 0. The maximum atomic E-state index is 2.70. The molecule has 0 spiro atoms. The third kappa shape index (κ3) is 8.13. The van der Waals surface area contributed by atoms with Gasteiger partial charge in [-0.05, 0) is 117 Å². The van der Waals surface area contributed by atoms with Crippen molar-refractivity contribution >= 4 is 23.8 Å². The Labute approximate surface area is 273 Å². The van der Waals surface area contributed by atoms with Crippen molar-refractivity contribution in [3.8, 4) is 0 Å². The van der Waals surface area contributed by atoms with E-state index in [0.29, 0.717) is 0 Å². The van der Waals surface area contributed by atoms with Crippen LogP contribution in [-0.2, 0) is 0 Å². The third-order valence-corrected chi connectivity index (χ3v) is 28.8. The average molecular weight is 647 g/mol. The summed E-state index contributed by atoms with van der Waals surface area (Å²) in [6.07, 6.45) is 51.6. The molecule has 0 radical (unpaired) electrons. The van der Waals surface area contributed by atoms with E-state index in [1.165, 1.54) is 6.42 Å². The van der Waals surface area contributed by atoms with Crippen molar-refractivity contribution in [3.05, 3.63) is 0 Å². The topological polar surface area (TPSA) is 0 Å². The van der Waals surface area contributed by atoms with Crippen LogP contribution in [0.2, 0.25) is 0 Å². The lowest BCUT2D eigenvalue weighted by Crippen LogP contribution is -2.44. The second-order valence-electron chi connectivity index (χ2n) is 16.5. The van der Waals surface area contributed by atoms with Crippen molar-refractivity contribution in [2.24, 2.45) is 0 Å². The van der Waals surface area contributed by atoms with Gasteiger partial charge in [0.15, 0.2) is 0 Å². The first-order chi connectivity index (χ1) is 21.3. The van der Waals surface area contributed by atoms with Gasteiger partial charge in [-0.1, -0.05) is 153 Å². The molecule has 0 saturated heterocycles. The predicted octanol–water partition coefficient (Wildman–Crippen LogP) is 14.9. The van der Waals surface area contributed by atoms with E-state index in [2.05, 4.69) is 6.92 Å². The van der Waals surface area contributed by atoms with Crippen LogP contribution in [-0.4, -0.2) is 38.6 Å². The van der Waals surface area contributed by atoms with Crippen molar-refractivity contribution in [1.82, 2.24) is 0 Å². The molecule has 0 aromatic carbocycles. The molecule has 0 bridgehead atoms. The monoisotopic (exact) mass is 646 g/mol. The lowest BCUT2D eigenvalue weighted by Gasteiger charge is -2.65. The fourth-order valence-electron chi connectivity index (χ4n) is 11.9. The molecule has 0 N–H and O–H groups in total. The van der Waals surface area contributed by atoms with Gasteiger partial charge in [0.2, 0.25) is 0 Å².